The fourth-order valence-electron chi connectivity index (χ4n) is 2.82. The summed E-state index contributed by atoms with van der Waals surface area (Å²) >= 11 is 0. The van der Waals surface area contributed by atoms with Crippen LogP contribution in [0, 0.1) is 0 Å². The molecule has 0 saturated heterocycles. The number of para-hydroxylation sites is 1. The number of aromatic amines is 1. The van der Waals surface area contributed by atoms with Gasteiger partial charge in [0.15, 0.2) is 11.5 Å². The van der Waals surface area contributed by atoms with Gasteiger partial charge >= 0.3 is 0 Å². The van der Waals surface area contributed by atoms with Gasteiger partial charge in [-0.1, -0.05) is 13.0 Å². The first kappa shape index (κ1) is 14.7. The highest BCUT2D eigenvalue weighted by Crippen LogP contribution is 2.39. The zero-order chi connectivity index (χ0) is 16.4. The van der Waals surface area contributed by atoms with Gasteiger partial charge in [-0.3, -0.25) is 0 Å². The molecule has 0 unspecified atom stereocenters. The number of hydrogen-bond acceptors (Lipinski definition) is 5. The summed E-state index contributed by atoms with van der Waals surface area (Å²) in [4.78, 5) is 7.82. The summed E-state index contributed by atoms with van der Waals surface area (Å²) in [7, 11) is 0. The normalized spacial score (nSPS) is 13.0. The molecule has 0 amide bonds. The van der Waals surface area contributed by atoms with E-state index >= 15 is 0 Å². The number of nitrogens with one attached hydrogen (secondary N) is 3. The van der Waals surface area contributed by atoms with Crippen molar-refractivity contribution < 1.29 is 9.47 Å². The molecule has 1 aliphatic heterocycles. The maximum atomic E-state index is 5.76. The highest BCUT2D eigenvalue weighted by molar-refractivity contribution is 5.92. The van der Waals surface area contributed by atoms with Crippen molar-refractivity contribution in [3.05, 3.63) is 36.5 Å². The molecular weight excluding hydrogens is 304 g/mol. The Balaban J connectivity index is 1.70. The van der Waals surface area contributed by atoms with Crippen LogP contribution < -0.4 is 20.1 Å². The second-order valence-corrected chi connectivity index (χ2v) is 5.68. The molecular formula is C18H20N4O2. The standard InChI is InChI=1S/C18H20N4O2/c1-2-7-19-14-11-16(22-18-12(14)6-8-20-18)21-13-4-3-5-15-17(13)24-10-9-23-15/h3-6,8,11H,2,7,9-10H2,1H3,(H3,19,20,21,22). The number of H-pyrrole nitrogens is 1. The molecule has 0 saturated carbocycles. The van der Waals surface area contributed by atoms with E-state index in [0.717, 1.165) is 52.7 Å². The van der Waals surface area contributed by atoms with E-state index in [1.54, 1.807) is 0 Å². The summed E-state index contributed by atoms with van der Waals surface area (Å²) in [6.07, 6.45) is 2.97. The van der Waals surface area contributed by atoms with Crippen molar-refractivity contribution in [2.75, 3.05) is 30.4 Å². The fraction of sp³-hybridized carbons (Fsp3) is 0.278. The third-order valence-corrected chi connectivity index (χ3v) is 3.92. The minimum atomic E-state index is 0.554. The van der Waals surface area contributed by atoms with Crippen LogP contribution >= 0.6 is 0 Å². The van der Waals surface area contributed by atoms with Crippen molar-refractivity contribution in [3.8, 4) is 11.5 Å². The monoisotopic (exact) mass is 324 g/mol. The summed E-state index contributed by atoms with van der Waals surface area (Å²) in [6.45, 7) is 4.20. The largest absolute Gasteiger partial charge is 0.486 e. The molecule has 6 heteroatoms. The first-order chi connectivity index (χ1) is 11.8. The quantitative estimate of drug-likeness (QED) is 0.664. The number of pyridine rings is 1. The molecule has 6 nitrogen and oxygen atoms in total. The molecule has 3 heterocycles. The molecule has 1 aliphatic rings. The molecule has 3 aromatic rings. The summed E-state index contributed by atoms with van der Waals surface area (Å²) < 4.78 is 11.4. The van der Waals surface area contributed by atoms with Crippen molar-refractivity contribution >= 4 is 28.2 Å². The molecule has 4 rings (SSSR count). The van der Waals surface area contributed by atoms with Crippen LogP contribution in [-0.4, -0.2) is 29.7 Å². The van der Waals surface area contributed by atoms with Gasteiger partial charge in [0, 0.05) is 29.9 Å². The predicted octanol–water partition coefficient (Wildman–Crippen LogP) is 3.90. The van der Waals surface area contributed by atoms with E-state index in [0.29, 0.717) is 13.2 Å². The van der Waals surface area contributed by atoms with E-state index < -0.39 is 0 Å². The third-order valence-electron chi connectivity index (χ3n) is 3.92. The molecule has 0 bridgehead atoms. The van der Waals surface area contributed by atoms with Crippen molar-refractivity contribution in [2.45, 2.75) is 13.3 Å². The van der Waals surface area contributed by atoms with Crippen LogP contribution in [0.3, 0.4) is 0 Å². The van der Waals surface area contributed by atoms with E-state index in [4.69, 9.17) is 9.47 Å². The lowest BCUT2D eigenvalue weighted by Gasteiger charge is -2.21. The molecule has 2 aromatic heterocycles. The molecule has 0 radical (unpaired) electrons. The summed E-state index contributed by atoms with van der Waals surface area (Å²) in [5.41, 5.74) is 2.76. The Labute approximate surface area is 140 Å². The van der Waals surface area contributed by atoms with Crippen molar-refractivity contribution in [1.29, 1.82) is 0 Å². The Bertz CT molecular complexity index is 859. The Morgan fingerprint density at radius 2 is 2.08 bits per heavy atom. The first-order valence-corrected chi connectivity index (χ1v) is 8.23. The molecule has 3 N–H and O–H groups in total. The number of ether oxygens (including phenoxy) is 2. The number of aromatic nitrogens is 2. The minimum Gasteiger partial charge on any atom is -0.486 e. The van der Waals surface area contributed by atoms with Crippen LogP contribution in [-0.2, 0) is 0 Å². The molecule has 1 aromatic carbocycles. The highest BCUT2D eigenvalue weighted by Gasteiger charge is 2.16. The van der Waals surface area contributed by atoms with E-state index in [1.807, 2.05) is 36.5 Å². The van der Waals surface area contributed by atoms with Crippen molar-refractivity contribution in [3.63, 3.8) is 0 Å². The molecule has 124 valence electrons. The van der Waals surface area contributed by atoms with Gasteiger partial charge in [-0.25, -0.2) is 4.98 Å². The van der Waals surface area contributed by atoms with Crippen LogP contribution in [0.4, 0.5) is 17.2 Å². The van der Waals surface area contributed by atoms with Gasteiger partial charge in [0.2, 0.25) is 0 Å². The van der Waals surface area contributed by atoms with Gasteiger partial charge in [0.25, 0.3) is 0 Å². The number of anilines is 3. The van der Waals surface area contributed by atoms with E-state index in [1.165, 1.54) is 0 Å². The van der Waals surface area contributed by atoms with Crippen LogP contribution in [0.15, 0.2) is 36.5 Å². The molecule has 24 heavy (non-hydrogen) atoms. The smallest absolute Gasteiger partial charge is 0.184 e. The van der Waals surface area contributed by atoms with Crippen molar-refractivity contribution in [1.82, 2.24) is 9.97 Å². The number of rotatable bonds is 5. The maximum Gasteiger partial charge on any atom is 0.184 e. The van der Waals surface area contributed by atoms with Gasteiger partial charge in [-0.2, -0.15) is 0 Å². The lowest BCUT2D eigenvalue weighted by molar-refractivity contribution is 0.172. The van der Waals surface area contributed by atoms with Crippen molar-refractivity contribution in [2.24, 2.45) is 0 Å². The third kappa shape index (κ3) is 2.71. The topological polar surface area (TPSA) is 71.2 Å². The Kier molecular flexibility index (Phi) is 3.86. The maximum absolute atomic E-state index is 5.76. The molecule has 0 atom stereocenters. The average molecular weight is 324 g/mol. The molecule has 0 aliphatic carbocycles. The summed E-state index contributed by atoms with van der Waals surface area (Å²) in [5, 5.41) is 7.90. The van der Waals surface area contributed by atoms with Gasteiger partial charge in [-0.05, 0) is 24.6 Å². The Morgan fingerprint density at radius 3 is 3.00 bits per heavy atom. The van der Waals surface area contributed by atoms with Crippen LogP contribution in [0.2, 0.25) is 0 Å². The van der Waals surface area contributed by atoms with Crippen LogP contribution in [0.5, 0.6) is 11.5 Å². The summed E-state index contributed by atoms with van der Waals surface area (Å²) in [5.74, 6) is 2.25. The Morgan fingerprint density at radius 1 is 1.17 bits per heavy atom. The minimum absolute atomic E-state index is 0.554. The van der Waals surface area contributed by atoms with Gasteiger partial charge in [-0.15, -0.1) is 0 Å². The predicted molar refractivity (Wildman–Crippen MR) is 95.6 cm³/mol. The van der Waals surface area contributed by atoms with Gasteiger partial charge in [0.05, 0.1) is 5.69 Å². The van der Waals surface area contributed by atoms with Gasteiger partial charge in [0.1, 0.15) is 24.7 Å². The zero-order valence-corrected chi connectivity index (χ0v) is 13.6. The number of nitrogens with zero attached hydrogens (tertiary/aromatic N) is 1. The SMILES string of the molecule is CCCNc1cc(Nc2cccc3c2OCCO3)nc2[nH]ccc12. The van der Waals surface area contributed by atoms with Crippen LogP contribution in [0.1, 0.15) is 13.3 Å². The lowest BCUT2D eigenvalue weighted by atomic mass is 10.2. The zero-order valence-electron chi connectivity index (χ0n) is 13.6. The van der Waals surface area contributed by atoms with Crippen LogP contribution in [0.25, 0.3) is 11.0 Å². The number of benzene rings is 1. The molecule has 0 fully saturated rings. The average Bonchev–Trinajstić information content (AvgIpc) is 3.09. The summed E-state index contributed by atoms with van der Waals surface area (Å²) in [6, 6.07) is 9.88. The number of fused-ring (bicyclic) bond motifs is 2. The van der Waals surface area contributed by atoms with E-state index in [2.05, 4.69) is 27.5 Å². The Hall–Kier alpha value is -2.89. The number of hydrogen-bond donors (Lipinski definition) is 3. The first-order valence-electron chi connectivity index (χ1n) is 8.23. The highest BCUT2D eigenvalue weighted by atomic mass is 16.6. The fourth-order valence-corrected chi connectivity index (χ4v) is 2.82. The van der Waals surface area contributed by atoms with E-state index in [-0.39, 0.29) is 0 Å². The second-order valence-electron chi connectivity index (χ2n) is 5.68. The lowest BCUT2D eigenvalue weighted by Crippen LogP contribution is -2.16. The van der Waals surface area contributed by atoms with E-state index in [9.17, 15) is 0 Å². The molecule has 0 spiro atoms. The van der Waals surface area contributed by atoms with Gasteiger partial charge < -0.3 is 25.1 Å². The second kappa shape index (κ2) is 6.31.